The van der Waals surface area contributed by atoms with Gasteiger partial charge in [-0.15, -0.1) is 0 Å². The number of rotatable bonds is 7. The molecular formula is C13H21N3O5S. The molecule has 0 aliphatic carbocycles. The number of aromatic nitrogens is 2. The van der Waals surface area contributed by atoms with E-state index in [0.29, 0.717) is 13.2 Å². The molecule has 1 fully saturated rings. The average molecular weight is 331 g/mol. The maximum atomic E-state index is 12.3. The van der Waals surface area contributed by atoms with E-state index in [0.717, 1.165) is 6.42 Å². The Balaban J connectivity index is 2.13. The SMILES string of the molecule is CC(C)C[C@H](NS(=O)(=O)c1cnn(C2CCOC2)c1)C(=O)O. The van der Waals surface area contributed by atoms with Gasteiger partial charge in [-0.25, -0.2) is 8.42 Å². The second-order valence-corrected chi connectivity index (χ2v) is 7.53. The summed E-state index contributed by atoms with van der Waals surface area (Å²) < 4.78 is 33.6. The van der Waals surface area contributed by atoms with Gasteiger partial charge in [0.1, 0.15) is 10.9 Å². The van der Waals surface area contributed by atoms with Gasteiger partial charge in [-0.1, -0.05) is 13.8 Å². The molecule has 0 radical (unpaired) electrons. The normalized spacial score (nSPS) is 20.4. The summed E-state index contributed by atoms with van der Waals surface area (Å²) in [4.78, 5) is 11.2. The third-order valence-corrected chi connectivity index (χ3v) is 4.90. The van der Waals surface area contributed by atoms with E-state index in [1.165, 1.54) is 12.4 Å². The van der Waals surface area contributed by atoms with E-state index in [1.807, 2.05) is 13.8 Å². The van der Waals surface area contributed by atoms with Crippen molar-refractivity contribution in [2.24, 2.45) is 5.92 Å². The number of ether oxygens (including phenoxy) is 1. The first-order valence-electron chi connectivity index (χ1n) is 7.16. The Morgan fingerprint density at radius 1 is 1.59 bits per heavy atom. The molecule has 0 spiro atoms. The first-order valence-corrected chi connectivity index (χ1v) is 8.65. The van der Waals surface area contributed by atoms with Gasteiger partial charge in [0.25, 0.3) is 0 Å². The van der Waals surface area contributed by atoms with Gasteiger partial charge in [0, 0.05) is 12.8 Å². The van der Waals surface area contributed by atoms with E-state index in [2.05, 4.69) is 9.82 Å². The van der Waals surface area contributed by atoms with Crippen LogP contribution in [0.4, 0.5) is 0 Å². The molecule has 2 N–H and O–H groups in total. The van der Waals surface area contributed by atoms with Crippen molar-refractivity contribution in [2.45, 2.75) is 43.7 Å². The van der Waals surface area contributed by atoms with E-state index >= 15 is 0 Å². The van der Waals surface area contributed by atoms with Gasteiger partial charge in [-0.3, -0.25) is 9.48 Å². The van der Waals surface area contributed by atoms with E-state index < -0.39 is 22.0 Å². The maximum absolute atomic E-state index is 12.3. The van der Waals surface area contributed by atoms with Crippen molar-refractivity contribution in [3.05, 3.63) is 12.4 Å². The van der Waals surface area contributed by atoms with Crippen LogP contribution < -0.4 is 4.72 Å². The molecule has 0 saturated carbocycles. The lowest BCUT2D eigenvalue weighted by Crippen LogP contribution is -2.41. The van der Waals surface area contributed by atoms with Gasteiger partial charge >= 0.3 is 5.97 Å². The van der Waals surface area contributed by atoms with E-state index in [9.17, 15) is 13.2 Å². The monoisotopic (exact) mass is 331 g/mol. The van der Waals surface area contributed by atoms with E-state index in [4.69, 9.17) is 9.84 Å². The van der Waals surface area contributed by atoms with Gasteiger partial charge < -0.3 is 9.84 Å². The van der Waals surface area contributed by atoms with Gasteiger partial charge in [0.05, 0.1) is 18.8 Å². The third kappa shape index (κ3) is 4.05. The Hall–Kier alpha value is -1.45. The summed E-state index contributed by atoms with van der Waals surface area (Å²) in [5, 5.41) is 13.2. The molecule has 1 unspecified atom stereocenters. The lowest BCUT2D eigenvalue weighted by Gasteiger charge is -2.15. The van der Waals surface area contributed by atoms with Crippen molar-refractivity contribution in [1.29, 1.82) is 0 Å². The van der Waals surface area contributed by atoms with Gasteiger partial charge in [0.2, 0.25) is 10.0 Å². The molecule has 8 nitrogen and oxygen atoms in total. The smallest absolute Gasteiger partial charge is 0.321 e. The minimum absolute atomic E-state index is 0.0230. The molecule has 1 aliphatic rings. The molecule has 22 heavy (non-hydrogen) atoms. The number of carbonyl (C=O) groups is 1. The third-order valence-electron chi connectivity index (χ3n) is 3.47. The van der Waals surface area contributed by atoms with Crippen LogP contribution >= 0.6 is 0 Å². The number of nitrogens with one attached hydrogen (secondary N) is 1. The fraction of sp³-hybridized carbons (Fsp3) is 0.692. The summed E-state index contributed by atoms with van der Waals surface area (Å²) in [6.07, 6.45) is 3.64. The number of hydrogen-bond donors (Lipinski definition) is 2. The molecule has 0 amide bonds. The molecular weight excluding hydrogens is 310 g/mol. The largest absolute Gasteiger partial charge is 0.480 e. The Morgan fingerprint density at radius 3 is 2.86 bits per heavy atom. The minimum atomic E-state index is -3.91. The molecule has 1 aromatic rings. The molecule has 124 valence electrons. The van der Waals surface area contributed by atoms with Crippen molar-refractivity contribution in [3.8, 4) is 0 Å². The Kier molecular flexibility index (Phi) is 5.20. The summed E-state index contributed by atoms with van der Waals surface area (Å²) in [7, 11) is -3.91. The fourth-order valence-electron chi connectivity index (χ4n) is 2.32. The highest BCUT2D eigenvalue weighted by Crippen LogP contribution is 2.20. The molecule has 0 bridgehead atoms. The number of carboxylic acid groups (broad SMARTS) is 1. The molecule has 2 heterocycles. The maximum Gasteiger partial charge on any atom is 0.321 e. The van der Waals surface area contributed by atoms with Crippen LogP contribution in [0.5, 0.6) is 0 Å². The highest BCUT2D eigenvalue weighted by atomic mass is 32.2. The second kappa shape index (κ2) is 6.76. The molecule has 2 rings (SSSR count). The number of carboxylic acids is 1. The zero-order chi connectivity index (χ0) is 16.3. The van der Waals surface area contributed by atoms with Gasteiger partial charge in [0.15, 0.2) is 0 Å². The van der Waals surface area contributed by atoms with Crippen molar-refractivity contribution in [1.82, 2.24) is 14.5 Å². The zero-order valence-corrected chi connectivity index (χ0v) is 13.4. The summed E-state index contributed by atoms with van der Waals surface area (Å²) in [6, 6.07) is -1.13. The van der Waals surface area contributed by atoms with Crippen LogP contribution in [-0.2, 0) is 19.6 Å². The zero-order valence-electron chi connectivity index (χ0n) is 12.6. The lowest BCUT2D eigenvalue weighted by molar-refractivity contribution is -0.139. The molecule has 2 atom stereocenters. The topological polar surface area (TPSA) is 111 Å². The molecule has 1 aromatic heterocycles. The van der Waals surface area contributed by atoms with Crippen molar-refractivity contribution in [2.75, 3.05) is 13.2 Å². The standard InChI is InChI=1S/C13H21N3O5S/c1-9(2)5-12(13(17)18)15-22(19,20)11-6-14-16(7-11)10-3-4-21-8-10/h6-7,9-10,12,15H,3-5,8H2,1-2H3,(H,17,18)/t10?,12-/m0/s1. The van der Waals surface area contributed by atoms with Crippen LogP contribution in [0.3, 0.4) is 0 Å². The first-order chi connectivity index (χ1) is 10.3. The Labute approximate surface area is 129 Å². The predicted molar refractivity (Wildman–Crippen MR) is 77.9 cm³/mol. The van der Waals surface area contributed by atoms with Crippen molar-refractivity contribution >= 4 is 16.0 Å². The average Bonchev–Trinajstić information content (AvgIpc) is 3.08. The van der Waals surface area contributed by atoms with Crippen LogP contribution in [0.2, 0.25) is 0 Å². The minimum Gasteiger partial charge on any atom is -0.480 e. The number of aliphatic carboxylic acids is 1. The van der Waals surface area contributed by atoms with Crippen molar-refractivity contribution in [3.63, 3.8) is 0 Å². The van der Waals surface area contributed by atoms with Crippen LogP contribution in [0, 0.1) is 5.92 Å². The lowest BCUT2D eigenvalue weighted by atomic mass is 10.1. The number of sulfonamides is 1. The Bertz CT molecular complexity index is 619. The highest BCUT2D eigenvalue weighted by Gasteiger charge is 2.28. The number of hydrogen-bond acceptors (Lipinski definition) is 5. The quantitative estimate of drug-likeness (QED) is 0.758. The summed E-state index contributed by atoms with van der Waals surface area (Å²) >= 11 is 0. The summed E-state index contributed by atoms with van der Waals surface area (Å²) in [6.45, 7) is 4.80. The molecule has 9 heteroatoms. The van der Waals surface area contributed by atoms with Crippen LogP contribution in [0.15, 0.2) is 17.3 Å². The van der Waals surface area contributed by atoms with E-state index in [1.54, 1.807) is 4.68 Å². The van der Waals surface area contributed by atoms with E-state index in [-0.39, 0.29) is 23.3 Å². The molecule has 1 aliphatic heterocycles. The Morgan fingerprint density at radius 2 is 2.32 bits per heavy atom. The van der Waals surface area contributed by atoms with Crippen LogP contribution in [0.1, 0.15) is 32.7 Å². The summed E-state index contributed by atoms with van der Waals surface area (Å²) in [5.74, 6) is -1.13. The van der Waals surface area contributed by atoms with Gasteiger partial charge in [-0.05, 0) is 18.8 Å². The van der Waals surface area contributed by atoms with Crippen molar-refractivity contribution < 1.29 is 23.1 Å². The van der Waals surface area contributed by atoms with Gasteiger partial charge in [-0.2, -0.15) is 9.82 Å². The van der Waals surface area contributed by atoms with Crippen LogP contribution in [0.25, 0.3) is 0 Å². The molecule has 0 aromatic carbocycles. The van der Waals surface area contributed by atoms with Crippen LogP contribution in [-0.4, -0.2) is 48.5 Å². The second-order valence-electron chi connectivity index (χ2n) is 5.82. The highest BCUT2D eigenvalue weighted by molar-refractivity contribution is 7.89. The summed E-state index contributed by atoms with van der Waals surface area (Å²) in [5.41, 5.74) is 0. The first kappa shape index (κ1) is 16.9. The fourth-order valence-corrected chi connectivity index (χ4v) is 3.46. The number of nitrogens with zero attached hydrogens (tertiary/aromatic N) is 2. The predicted octanol–water partition coefficient (Wildman–Crippen LogP) is 0.622. The molecule has 1 saturated heterocycles.